The highest BCUT2D eigenvalue weighted by molar-refractivity contribution is 6.07. The maximum absolute atomic E-state index is 12.3. The van der Waals surface area contributed by atoms with Crippen molar-refractivity contribution in [2.45, 2.75) is 25.0 Å². The van der Waals surface area contributed by atoms with Gasteiger partial charge in [-0.3, -0.25) is 4.79 Å². The van der Waals surface area contributed by atoms with Crippen LogP contribution in [-0.2, 0) is 10.4 Å². The number of aliphatic hydroxyl groups excluding tert-OH is 1. The Labute approximate surface area is 106 Å². The summed E-state index contributed by atoms with van der Waals surface area (Å²) in [6, 6.07) is 7.10. The standard InChI is InChI=1S/C14H17NO3/c1-3-8-15-12-7-5-4-6-11(12)14(18,13(15)17)9-10(2)16/h3-7,10,16,18H,1,8-9H2,2H3/t10-,14+/m1/s1. The average molecular weight is 247 g/mol. The third-order valence-corrected chi connectivity index (χ3v) is 3.14. The molecule has 0 saturated heterocycles. The minimum atomic E-state index is -1.63. The number of nitrogens with zero attached hydrogens (tertiary/aromatic N) is 1. The first-order valence-electron chi connectivity index (χ1n) is 5.93. The minimum absolute atomic E-state index is 0.00348. The van der Waals surface area contributed by atoms with Gasteiger partial charge in [0.2, 0.25) is 0 Å². The Morgan fingerprint density at radius 3 is 2.78 bits per heavy atom. The van der Waals surface area contributed by atoms with Gasteiger partial charge in [-0.15, -0.1) is 6.58 Å². The molecule has 4 nitrogen and oxygen atoms in total. The van der Waals surface area contributed by atoms with Crippen LogP contribution in [0, 0.1) is 0 Å². The van der Waals surface area contributed by atoms with E-state index in [0.717, 1.165) is 0 Å². The van der Waals surface area contributed by atoms with Crippen LogP contribution in [0.15, 0.2) is 36.9 Å². The Bertz CT molecular complexity index is 484. The number of fused-ring (bicyclic) bond motifs is 1. The maximum Gasteiger partial charge on any atom is 0.264 e. The summed E-state index contributed by atoms with van der Waals surface area (Å²) in [5.41, 5.74) is -0.392. The summed E-state index contributed by atoms with van der Waals surface area (Å²) in [6.45, 7) is 5.52. The Hall–Kier alpha value is -1.65. The van der Waals surface area contributed by atoms with E-state index in [9.17, 15) is 15.0 Å². The third kappa shape index (κ3) is 1.83. The predicted octanol–water partition coefficient (Wildman–Crippen LogP) is 1.18. The molecule has 0 saturated carbocycles. The van der Waals surface area contributed by atoms with E-state index < -0.39 is 17.6 Å². The fraction of sp³-hybridized carbons (Fsp3) is 0.357. The van der Waals surface area contributed by atoms with Crippen LogP contribution in [0.4, 0.5) is 5.69 Å². The number of benzene rings is 1. The molecule has 4 heteroatoms. The Morgan fingerprint density at radius 1 is 1.50 bits per heavy atom. The van der Waals surface area contributed by atoms with Gasteiger partial charge in [-0.05, 0) is 13.0 Å². The highest BCUT2D eigenvalue weighted by Gasteiger charge is 2.49. The summed E-state index contributed by atoms with van der Waals surface area (Å²) in [6.07, 6.45) is 0.856. The molecular weight excluding hydrogens is 230 g/mol. The van der Waals surface area contributed by atoms with Gasteiger partial charge in [0.1, 0.15) is 0 Å². The summed E-state index contributed by atoms with van der Waals surface area (Å²) in [5.74, 6) is -0.399. The second-order valence-electron chi connectivity index (χ2n) is 4.64. The number of hydrogen-bond acceptors (Lipinski definition) is 3. The molecular formula is C14H17NO3. The smallest absolute Gasteiger partial charge is 0.264 e. The second-order valence-corrected chi connectivity index (χ2v) is 4.64. The number of rotatable bonds is 4. The van der Waals surface area contributed by atoms with E-state index in [2.05, 4.69) is 6.58 Å². The molecule has 1 aromatic rings. The van der Waals surface area contributed by atoms with Crippen molar-refractivity contribution in [3.05, 3.63) is 42.5 Å². The number of para-hydroxylation sites is 1. The van der Waals surface area contributed by atoms with Gasteiger partial charge in [0.05, 0.1) is 11.8 Å². The molecule has 0 radical (unpaired) electrons. The maximum atomic E-state index is 12.3. The summed E-state index contributed by atoms with van der Waals surface area (Å²) < 4.78 is 0. The van der Waals surface area contributed by atoms with Gasteiger partial charge in [-0.2, -0.15) is 0 Å². The Balaban J connectivity index is 2.50. The van der Waals surface area contributed by atoms with Crippen LogP contribution >= 0.6 is 0 Å². The minimum Gasteiger partial charge on any atom is -0.393 e. The van der Waals surface area contributed by atoms with Crippen LogP contribution < -0.4 is 4.90 Å². The highest BCUT2D eigenvalue weighted by atomic mass is 16.3. The quantitative estimate of drug-likeness (QED) is 0.785. The predicted molar refractivity (Wildman–Crippen MR) is 69.2 cm³/mol. The lowest BCUT2D eigenvalue weighted by molar-refractivity contribution is -0.139. The van der Waals surface area contributed by atoms with Crippen molar-refractivity contribution in [1.29, 1.82) is 0 Å². The molecule has 2 atom stereocenters. The van der Waals surface area contributed by atoms with Gasteiger partial charge in [0.25, 0.3) is 5.91 Å². The molecule has 0 unspecified atom stereocenters. The van der Waals surface area contributed by atoms with Gasteiger partial charge in [-0.25, -0.2) is 0 Å². The molecule has 18 heavy (non-hydrogen) atoms. The Kier molecular flexibility index (Phi) is 3.24. The summed E-state index contributed by atoms with van der Waals surface area (Å²) in [7, 11) is 0. The summed E-state index contributed by atoms with van der Waals surface area (Å²) in [5, 5.41) is 20.1. The van der Waals surface area contributed by atoms with E-state index in [1.807, 2.05) is 6.07 Å². The molecule has 0 spiro atoms. The van der Waals surface area contributed by atoms with Crippen molar-refractivity contribution < 1.29 is 15.0 Å². The van der Waals surface area contributed by atoms with E-state index in [-0.39, 0.29) is 6.42 Å². The molecule has 1 aromatic carbocycles. The average Bonchev–Trinajstić information content (AvgIpc) is 2.52. The molecule has 0 bridgehead atoms. The van der Waals surface area contributed by atoms with E-state index >= 15 is 0 Å². The van der Waals surface area contributed by atoms with Crippen molar-refractivity contribution in [2.75, 3.05) is 11.4 Å². The van der Waals surface area contributed by atoms with Crippen molar-refractivity contribution in [3.63, 3.8) is 0 Å². The fourth-order valence-electron chi connectivity index (χ4n) is 2.44. The monoisotopic (exact) mass is 247 g/mol. The van der Waals surface area contributed by atoms with E-state index in [1.54, 1.807) is 31.2 Å². The first-order valence-corrected chi connectivity index (χ1v) is 5.93. The zero-order chi connectivity index (χ0) is 13.3. The van der Waals surface area contributed by atoms with E-state index in [0.29, 0.717) is 17.8 Å². The van der Waals surface area contributed by atoms with Gasteiger partial charge in [-0.1, -0.05) is 24.3 Å². The van der Waals surface area contributed by atoms with Crippen LogP contribution in [0.1, 0.15) is 18.9 Å². The van der Waals surface area contributed by atoms with Crippen LogP contribution in [-0.4, -0.2) is 28.8 Å². The second kappa shape index (κ2) is 4.55. The molecule has 0 fully saturated rings. The van der Waals surface area contributed by atoms with E-state index in [4.69, 9.17) is 0 Å². The number of hydrogen-bond donors (Lipinski definition) is 2. The van der Waals surface area contributed by atoms with Gasteiger partial charge < -0.3 is 15.1 Å². The van der Waals surface area contributed by atoms with Crippen molar-refractivity contribution >= 4 is 11.6 Å². The lowest BCUT2D eigenvalue weighted by Crippen LogP contribution is -2.42. The number of anilines is 1. The third-order valence-electron chi connectivity index (χ3n) is 3.14. The van der Waals surface area contributed by atoms with Crippen molar-refractivity contribution in [3.8, 4) is 0 Å². The van der Waals surface area contributed by atoms with Gasteiger partial charge >= 0.3 is 0 Å². The number of aliphatic hydroxyl groups is 2. The zero-order valence-electron chi connectivity index (χ0n) is 10.3. The molecule has 0 aliphatic carbocycles. The molecule has 1 heterocycles. The topological polar surface area (TPSA) is 60.8 Å². The number of amides is 1. The molecule has 2 rings (SSSR count). The number of carbonyl (C=O) groups is 1. The summed E-state index contributed by atoms with van der Waals surface area (Å²) in [4.78, 5) is 13.8. The molecule has 0 aromatic heterocycles. The van der Waals surface area contributed by atoms with E-state index in [1.165, 1.54) is 4.90 Å². The molecule has 96 valence electrons. The molecule has 1 amide bonds. The largest absolute Gasteiger partial charge is 0.393 e. The first kappa shape index (κ1) is 12.8. The Morgan fingerprint density at radius 2 is 2.17 bits per heavy atom. The summed E-state index contributed by atoms with van der Waals surface area (Å²) >= 11 is 0. The van der Waals surface area contributed by atoms with Crippen LogP contribution in [0.3, 0.4) is 0 Å². The van der Waals surface area contributed by atoms with Gasteiger partial charge in [0.15, 0.2) is 5.60 Å². The molecule has 2 N–H and O–H groups in total. The fourth-order valence-corrected chi connectivity index (χ4v) is 2.44. The lowest BCUT2D eigenvalue weighted by Gasteiger charge is -2.23. The van der Waals surface area contributed by atoms with Crippen LogP contribution in [0.25, 0.3) is 0 Å². The van der Waals surface area contributed by atoms with Crippen LogP contribution in [0.2, 0.25) is 0 Å². The molecule has 1 aliphatic heterocycles. The molecule has 1 aliphatic rings. The highest BCUT2D eigenvalue weighted by Crippen LogP contribution is 2.42. The lowest BCUT2D eigenvalue weighted by atomic mass is 9.90. The first-order chi connectivity index (χ1) is 8.50. The normalized spacial score (nSPS) is 23.9. The van der Waals surface area contributed by atoms with Crippen LogP contribution in [0.5, 0.6) is 0 Å². The van der Waals surface area contributed by atoms with Gasteiger partial charge in [0, 0.05) is 18.5 Å². The zero-order valence-corrected chi connectivity index (χ0v) is 10.3. The van der Waals surface area contributed by atoms with Crippen molar-refractivity contribution in [2.24, 2.45) is 0 Å². The van der Waals surface area contributed by atoms with Crippen molar-refractivity contribution in [1.82, 2.24) is 0 Å². The number of carbonyl (C=O) groups excluding carboxylic acids is 1. The SMILES string of the molecule is C=CCN1C(=O)[C@](O)(C[C@@H](C)O)c2ccccc21.